The van der Waals surface area contributed by atoms with Crippen LogP contribution in [0.25, 0.3) is 0 Å². The van der Waals surface area contributed by atoms with Gasteiger partial charge in [-0.3, -0.25) is 0 Å². The molecule has 2 N–H and O–H groups in total. The van der Waals surface area contributed by atoms with Crippen molar-refractivity contribution in [3.05, 3.63) is 59.7 Å². The maximum Gasteiger partial charge on any atom is 0.405 e. The minimum atomic E-state index is -0.802. The van der Waals surface area contributed by atoms with Crippen LogP contribution in [0.2, 0.25) is 0 Å². The molecule has 0 spiro atoms. The third-order valence-electron chi connectivity index (χ3n) is 3.30. The lowest BCUT2D eigenvalue weighted by atomic mass is 10.0. The fraction of sp³-hybridized carbons (Fsp3) is 0.235. The van der Waals surface area contributed by atoms with E-state index >= 15 is 0 Å². The molecule has 1 atom stereocenters. The molecule has 5 heteroatoms. The molecular formula is C17H19NO4. The number of carbonyl (C=O) groups excluding carboxylic acids is 1. The van der Waals surface area contributed by atoms with E-state index in [9.17, 15) is 4.79 Å². The molecule has 0 aliphatic rings. The van der Waals surface area contributed by atoms with Crippen molar-refractivity contribution in [1.29, 1.82) is 0 Å². The Kier molecular flexibility index (Phi) is 5.25. The maximum atomic E-state index is 11.2. The number of ether oxygens (including phenoxy) is 3. The van der Waals surface area contributed by atoms with Gasteiger partial charge in [0.05, 0.1) is 14.2 Å². The first kappa shape index (κ1) is 15.7. The second-order valence-electron chi connectivity index (χ2n) is 4.75. The molecule has 0 fully saturated rings. The van der Waals surface area contributed by atoms with Gasteiger partial charge < -0.3 is 19.9 Å². The molecule has 2 rings (SSSR count). The maximum absolute atomic E-state index is 11.2. The SMILES string of the molecule is COc1ccc(C(Cc2cccc(OC)c2)OC(N)=O)cc1. The van der Waals surface area contributed by atoms with Gasteiger partial charge in [0.15, 0.2) is 0 Å². The number of amides is 1. The van der Waals surface area contributed by atoms with E-state index in [1.807, 2.05) is 48.5 Å². The highest BCUT2D eigenvalue weighted by Gasteiger charge is 2.16. The first-order chi connectivity index (χ1) is 10.6. The summed E-state index contributed by atoms with van der Waals surface area (Å²) in [7, 11) is 3.21. The number of carbonyl (C=O) groups is 1. The van der Waals surface area contributed by atoms with Crippen molar-refractivity contribution in [3.8, 4) is 11.5 Å². The number of hydrogen-bond donors (Lipinski definition) is 1. The van der Waals surface area contributed by atoms with Gasteiger partial charge in [0.1, 0.15) is 17.6 Å². The first-order valence-electron chi connectivity index (χ1n) is 6.85. The zero-order valence-electron chi connectivity index (χ0n) is 12.6. The topological polar surface area (TPSA) is 70.8 Å². The summed E-state index contributed by atoms with van der Waals surface area (Å²) in [5.74, 6) is 1.49. The van der Waals surface area contributed by atoms with Crippen LogP contribution in [0.1, 0.15) is 17.2 Å². The van der Waals surface area contributed by atoms with Crippen LogP contribution in [0.4, 0.5) is 4.79 Å². The zero-order valence-corrected chi connectivity index (χ0v) is 12.6. The molecule has 22 heavy (non-hydrogen) atoms. The molecule has 0 aliphatic heterocycles. The van der Waals surface area contributed by atoms with Crippen LogP contribution in [0.3, 0.4) is 0 Å². The lowest BCUT2D eigenvalue weighted by molar-refractivity contribution is 0.106. The molecule has 0 saturated heterocycles. The molecule has 1 amide bonds. The standard InChI is InChI=1S/C17H19NO4/c1-20-14-8-6-13(7-9-14)16(22-17(18)19)11-12-4-3-5-15(10-12)21-2/h3-10,16H,11H2,1-2H3,(H2,18,19). The van der Waals surface area contributed by atoms with Crippen LogP contribution in [0.15, 0.2) is 48.5 Å². The van der Waals surface area contributed by atoms with Gasteiger partial charge >= 0.3 is 6.09 Å². The molecule has 116 valence electrons. The molecule has 2 aromatic rings. The van der Waals surface area contributed by atoms with Gasteiger partial charge in [-0.1, -0.05) is 24.3 Å². The Labute approximate surface area is 129 Å². The Bertz CT molecular complexity index is 625. The summed E-state index contributed by atoms with van der Waals surface area (Å²) in [6.07, 6.45) is -0.758. The van der Waals surface area contributed by atoms with E-state index in [0.29, 0.717) is 6.42 Å². The van der Waals surface area contributed by atoms with E-state index in [0.717, 1.165) is 22.6 Å². The van der Waals surface area contributed by atoms with Crippen molar-refractivity contribution >= 4 is 6.09 Å². The molecule has 0 heterocycles. The van der Waals surface area contributed by atoms with E-state index in [4.69, 9.17) is 19.9 Å². The predicted molar refractivity (Wildman–Crippen MR) is 83.1 cm³/mol. The van der Waals surface area contributed by atoms with E-state index in [2.05, 4.69) is 0 Å². The van der Waals surface area contributed by atoms with Gasteiger partial charge in [-0.15, -0.1) is 0 Å². The lowest BCUT2D eigenvalue weighted by Crippen LogP contribution is -2.19. The van der Waals surface area contributed by atoms with Crippen molar-refractivity contribution < 1.29 is 19.0 Å². The monoisotopic (exact) mass is 301 g/mol. The van der Waals surface area contributed by atoms with Crippen molar-refractivity contribution in [2.45, 2.75) is 12.5 Å². The second kappa shape index (κ2) is 7.36. The van der Waals surface area contributed by atoms with Gasteiger partial charge in [0.2, 0.25) is 0 Å². The van der Waals surface area contributed by atoms with Gasteiger partial charge in [-0.2, -0.15) is 0 Å². The average Bonchev–Trinajstić information content (AvgIpc) is 2.54. The third-order valence-corrected chi connectivity index (χ3v) is 3.30. The van der Waals surface area contributed by atoms with Gasteiger partial charge in [0, 0.05) is 6.42 Å². The van der Waals surface area contributed by atoms with Crippen molar-refractivity contribution in [2.24, 2.45) is 5.73 Å². The van der Waals surface area contributed by atoms with Gasteiger partial charge in [-0.05, 0) is 35.4 Å². The van der Waals surface area contributed by atoms with E-state index in [1.165, 1.54) is 0 Å². The Hall–Kier alpha value is -2.69. The van der Waals surface area contributed by atoms with Crippen LogP contribution in [-0.2, 0) is 11.2 Å². The predicted octanol–water partition coefficient (Wildman–Crippen LogP) is 3.08. The highest BCUT2D eigenvalue weighted by Crippen LogP contribution is 2.26. The Morgan fingerprint density at radius 3 is 2.32 bits per heavy atom. The fourth-order valence-electron chi connectivity index (χ4n) is 2.20. The Morgan fingerprint density at radius 1 is 1.05 bits per heavy atom. The quantitative estimate of drug-likeness (QED) is 0.890. The van der Waals surface area contributed by atoms with Crippen molar-refractivity contribution in [1.82, 2.24) is 0 Å². The second-order valence-corrected chi connectivity index (χ2v) is 4.75. The normalized spacial score (nSPS) is 11.5. The minimum absolute atomic E-state index is 0.462. The van der Waals surface area contributed by atoms with E-state index < -0.39 is 12.2 Å². The number of nitrogens with two attached hydrogens (primary N) is 1. The number of primary amides is 1. The average molecular weight is 301 g/mol. The Morgan fingerprint density at radius 2 is 1.73 bits per heavy atom. The fourth-order valence-corrected chi connectivity index (χ4v) is 2.20. The molecule has 1 unspecified atom stereocenters. The summed E-state index contributed by atoms with van der Waals surface area (Å²) in [5.41, 5.74) is 7.02. The summed E-state index contributed by atoms with van der Waals surface area (Å²) in [5, 5.41) is 0. The summed E-state index contributed by atoms with van der Waals surface area (Å²) < 4.78 is 15.6. The smallest absolute Gasteiger partial charge is 0.405 e. The van der Waals surface area contributed by atoms with Crippen LogP contribution < -0.4 is 15.2 Å². The van der Waals surface area contributed by atoms with Gasteiger partial charge in [-0.25, -0.2) is 4.79 Å². The van der Waals surface area contributed by atoms with Crippen LogP contribution in [-0.4, -0.2) is 20.3 Å². The highest BCUT2D eigenvalue weighted by molar-refractivity contribution is 5.65. The molecule has 0 bridgehead atoms. The Balaban J connectivity index is 2.22. The van der Waals surface area contributed by atoms with Crippen LogP contribution >= 0.6 is 0 Å². The number of methoxy groups -OCH3 is 2. The van der Waals surface area contributed by atoms with Gasteiger partial charge in [0.25, 0.3) is 0 Å². The molecule has 0 radical (unpaired) electrons. The van der Waals surface area contributed by atoms with Crippen LogP contribution in [0, 0.1) is 0 Å². The molecule has 2 aromatic carbocycles. The number of rotatable bonds is 6. The minimum Gasteiger partial charge on any atom is -0.497 e. The number of benzene rings is 2. The van der Waals surface area contributed by atoms with Crippen LogP contribution in [0.5, 0.6) is 11.5 Å². The number of hydrogen-bond acceptors (Lipinski definition) is 4. The molecule has 5 nitrogen and oxygen atoms in total. The summed E-state index contributed by atoms with van der Waals surface area (Å²) >= 11 is 0. The summed E-state index contributed by atoms with van der Waals surface area (Å²) in [6.45, 7) is 0. The first-order valence-corrected chi connectivity index (χ1v) is 6.85. The molecular weight excluding hydrogens is 282 g/mol. The van der Waals surface area contributed by atoms with Crippen molar-refractivity contribution in [3.63, 3.8) is 0 Å². The lowest BCUT2D eigenvalue weighted by Gasteiger charge is -2.18. The van der Waals surface area contributed by atoms with Crippen molar-refractivity contribution in [2.75, 3.05) is 14.2 Å². The third kappa shape index (κ3) is 4.15. The summed E-state index contributed by atoms with van der Waals surface area (Å²) in [4.78, 5) is 11.2. The largest absolute Gasteiger partial charge is 0.497 e. The summed E-state index contributed by atoms with van der Waals surface area (Å²) in [6, 6.07) is 14.9. The zero-order chi connectivity index (χ0) is 15.9. The molecule has 0 saturated carbocycles. The van der Waals surface area contributed by atoms with E-state index in [1.54, 1.807) is 14.2 Å². The molecule has 0 aliphatic carbocycles. The van der Waals surface area contributed by atoms with E-state index in [-0.39, 0.29) is 0 Å². The highest BCUT2D eigenvalue weighted by atomic mass is 16.6. The molecule has 0 aromatic heterocycles.